The van der Waals surface area contributed by atoms with Crippen LogP contribution in [0.3, 0.4) is 0 Å². The number of nitrogens with one attached hydrogen (secondary N) is 1. The average molecular weight is 592 g/mol. The molecule has 0 aliphatic heterocycles. The zero-order valence-electron chi connectivity index (χ0n) is 22.9. The number of rotatable bonds is 6. The van der Waals surface area contributed by atoms with E-state index in [0.29, 0.717) is 34.2 Å². The Hall–Kier alpha value is -5.98. The lowest BCUT2D eigenvalue weighted by molar-refractivity contribution is -0.117. The molecule has 0 unspecified atom stereocenters. The Labute approximate surface area is 249 Å². The molecule has 1 aliphatic carbocycles. The van der Waals surface area contributed by atoms with Crippen LogP contribution in [0.25, 0.3) is 45.2 Å². The van der Waals surface area contributed by atoms with E-state index in [0.717, 1.165) is 24.6 Å². The number of amides is 1. The molecule has 0 bridgehead atoms. The molecule has 0 radical (unpaired) electrons. The molecule has 5 aromatic heterocycles. The Balaban J connectivity index is 0.000000157. The number of pyridine rings is 2. The summed E-state index contributed by atoms with van der Waals surface area (Å²) in [6.45, 7) is 0. The summed E-state index contributed by atoms with van der Waals surface area (Å²) in [6.07, 6.45) is 13.6. The second-order valence-corrected chi connectivity index (χ2v) is 9.68. The number of carbonyl (C=O) groups is 1. The SMILES string of the molecule is Nc1cnc(-c2ccncc2F)c(-c2cccc(F)c2)n1.O=C(Nc1cnc(-c2ccncc2)c(-c2cnco2)n1)C1CC1. The molecular formula is C31H23F2N9O2. The van der Waals surface area contributed by atoms with Crippen molar-refractivity contribution < 1.29 is 18.0 Å². The van der Waals surface area contributed by atoms with Gasteiger partial charge in [0.25, 0.3) is 0 Å². The summed E-state index contributed by atoms with van der Waals surface area (Å²) in [7, 11) is 0. The van der Waals surface area contributed by atoms with E-state index in [1.807, 2.05) is 12.1 Å². The van der Waals surface area contributed by atoms with Gasteiger partial charge in [-0.05, 0) is 43.2 Å². The maximum absolute atomic E-state index is 13.9. The molecule has 6 aromatic rings. The third-order valence-electron chi connectivity index (χ3n) is 6.51. The average Bonchev–Trinajstić information content (AvgIpc) is 3.76. The van der Waals surface area contributed by atoms with Crippen molar-refractivity contribution in [3.8, 4) is 45.2 Å². The van der Waals surface area contributed by atoms with Gasteiger partial charge in [-0.2, -0.15) is 0 Å². The fourth-order valence-corrected chi connectivity index (χ4v) is 4.25. The normalized spacial score (nSPS) is 12.2. The summed E-state index contributed by atoms with van der Waals surface area (Å²) in [6, 6.07) is 11.0. The van der Waals surface area contributed by atoms with Crippen molar-refractivity contribution in [2.75, 3.05) is 11.1 Å². The Morgan fingerprint density at radius 1 is 0.818 bits per heavy atom. The van der Waals surface area contributed by atoms with Crippen LogP contribution in [0.4, 0.5) is 20.4 Å². The van der Waals surface area contributed by atoms with Crippen LogP contribution in [0.15, 0.2) is 96.7 Å². The number of nitrogens with zero attached hydrogens (tertiary/aromatic N) is 7. The molecule has 1 saturated carbocycles. The first-order valence-electron chi connectivity index (χ1n) is 13.4. The third kappa shape index (κ3) is 6.41. The van der Waals surface area contributed by atoms with Crippen molar-refractivity contribution in [3.63, 3.8) is 0 Å². The maximum atomic E-state index is 13.9. The molecule has 44 heavy (non-hydrogen) atoms. The van der Waals surface area contributed by atoms with Crippen molar-refractivity contribution in [3.05, 3.63) is 104 Å². The molecule has 1 amide bonds. The number of halogens is 2. The first-order valence-corrected chi connectivity index (χ1v) is 13.4. The molecule has 1 fully saturated rings. The van der Waals surface area contributed by atoms with Gasteiger partial charge in [-0.15, -0.1) is 0 Å². The number of carbonyl (C=O) groups excluding carboxylic acids is 1. The number of hydrogen-bond acceptors (Lipinski definition) is 10. The molecule has 0 saturated heterocycles. The first kappa shape index (κ1) is 28.2. The van der Waals surface area contributed by atoms with Gasteiger partial charge in [-0.25, -0.2) is 33.7 Å². The maximum Gasteiger partial charge on any atom is 0.228 e. The number of hydrogen-bond donors (Lipinski definition) is 2. The van der Waals surface area contributed by atoms with Crippen molar-refractivity contribution in [2.45, 2.75) is 12.8 Å². The van der Waals surface area contributed by atoms with Gasteiger partial charge in [0.15, 0.2) is 23.8 Å². The minimum Gasteiger partial charge on any atom is -0.442 e. The molecule has 3 N–H and O–H groups in total. The van der Waals surface area contributed by atoms with Gasteiger partial charge in [-0.3, -0.25) is 14.8 Å². The van der Waals surface area contributed by atoms with E-state index in [4.69, 9.17) is 10.2 Å². The Kier molecular flexibility index (Phi) is 7.99. The molecule has 11 nitrogen and oxygen atoms in total. The van der Waals surface area contributed by atoms with Gasteiger partial charge in [0.05, 0.1) is 36.2 Å². The van der Waals surface area contributed by atoms with Crippen LogP contribution in [0.5, 0.6) is 0 Å². The van der Waals surface area contributed by atoms with E-state index >= 15 is 0 Å². The van der Waals surface area contributed by atoms with Crippen LogP contribution in [0, 0.1) is 17.6 Å². The number of benzene rings is 1. The number of aromatic nitrogens is 7. The van der Waals surface area contributed by atoms with Gasteiger partial charge in [-0.1, -0.05) is 12.1 Å². The lowest BCUT2D eigenvalue weighted by atomic mass is 10.0. The predicted molar refractivity (Wildman–Crippen MR) is 157 cm³/mol. The van der Waals surface area contributed by atoms with Gasteiger partial charge in [0.1, 0.15) is 23.0 Å². The quantitative estimate of drug-likeness (QED) is 0.249. The fourth-order valence-electron chi connectivity index (χ4n) is 4.25. The van der Waals surface area contributed by atoms with Crippen molar-refractivity contribution in [1.29, 1.82) is 0 Å². The molecule has 0 spiro atoms. The number of nitrogens with two attached hydrogens (primary N) is 1. The minimum absolute atomic E-state index is 0.0144. The van der Waals surface area contributed by atoms with Crippen molar-refractivity contribution in [2.24, 2.45) is 5.92 Å². The topological polar surface area (TPSA) is 158 Å². The highest BCUT2D eigenvalue weighted by Crippen LogP contribution is 2.33. The number of nitrogen functional groups attached to an aromatic ring is 1. The number of anilines is 2. The predicted octanol–water partition coefficient (Wildman–Crippen LogP) is 5.61. The standard InChI is InChI=1S/C16H13N5O2.C15H10F2N4/c22-16(11-1-2-11)21-13-8-19-14(10-3-5-17-6-4-10)15(20-13)12-7-18-9-23-12;16-10-3-1-2-9(6-10)14-15(20-8-13(18)21-14)11-4-5-19-7-12(11)17/h3-9,11H,1-2H2,(H,20,21,22);1-8H,(H2,18,21). The van der Waals surface area contributed by atoms with Gasteiger partial charge in [0, 0.05) is 41.2 Å². The molecule has 1 aromatic carbocycles. The minimum atomic E-state index is -0.533. The summed E-state index contributed by atoms with van der Waals surface area (Å²) in [5, 5.41) is 2.80. The summed E-state index contributed by atoms with van der Waals surface area (Å²) < 4.78 is 32.7. The second kappa shape index (κ2) is 12.5. The summed E-state index contributed by atoms with van der Waals surface area (Å²) in [4.78, 5) is 40.8. The summed E-state index contributed by atoms with van der Waals surface area (Å²) >= 11 is 0. The first-order chi connectivity index (χ1) is 21.5. The summed E-state index contributed by atoms with van der Waals surface area (Å²) in [5.74, 6) is 0.211. The highest BCUT2D eigenvalue weighted by molar-refractivity contribution is 5.93. The highest BCUT2D eigenvalue weighted by atomic mass is 19.1. The van der Waals surface area contributed by atoms with E-state index in [2.05, 4.69) is 40.2 Å². The monoisotopic (exact) mass is 591 g/mol. The van der Waals surface area contributed by atoms with Gasteiger partial charge < -0.3 is 15.5 Å². The lowest BCUT2D eigenvalue weighted by Crippen LogP contribution is -2.15. The van der Waals surface area contributed by atoms with E-state index in [1.165, 1.54) is 37.0 Å². The molecule has 218 valence electrons. The largest absolute Gasteiger partial charge is 0.442 e. The zero-order chi connectivity index (χ0) is 30.5. The third-order valence-corrected chi connectivity index (χ3v) is 6.51. The lowest BCUT2D eigenvalue weighted by Gasteiger charge is -2.09. The van der Waals surface area contributed by atoms with E-state index in [9.17, 15) is 13.6 Å². The van der Waals surface area contributed by atoms with E-state index < -0.39 is 11.6 Å². The Bertz CT molecular complexity index is 1920. The van der Waals surface area contributed by atoms with Crippen LogP contribution < -0.4 is 11.1 Å². The summed E-state index contributed by atoms with van der Waals surface area (Å²) in [5.41, 5.74) is 8.99. The second-order valence-electron chi connectivity index (χ2n) is 9.68. The van der Waals surface area contributed by atoms with Crippen LogP contribution in [0.1, 0.15) is 12.8 Å². The highest BCUT2D eigenvalue weighted by Gasteiger charge is 2.30. The Morgan fingerprint density at radius 3 is 2.34 bits per heavy atom. The van der Waals surface area contributed by atoms with Gasteiger partial charge in [0.2, 0.25) is 5.91 Å². The van der Waals surface area contributed by atoms with E-state index in [1.54, 1.807) is 36.9 Å². The van der Waals surface area contributed by atoms with E-state index in [-0.39, 0.29) is 28.9 Å². The molecule has 1 aliphatic rings. The van der Waals surface area contributed by atoms with Crippen LogP contribution in [0.2, 0.25) is 0 Å². The van der Waals surface area contributed by atoms with Crippen LogP contribution in [-0.4, -0.2) is 40.8 Å². The van der Waals surface area contributed by atoms with Crippen LogP contribution >= 0.6 is 0 Å². The molecular weight excluding hydrogens is 568 g/mol. The Morgan fingerprint density at radius 2 is 1.61 bits per heavy atom. The molecule has 13 heteroatoms. The van der Waals surface area contributed by atoms with Crippen molar-refractivity contribution >= 4 is 17.5 Å². The van der Waals surface area contributed by atoms with Crippen LogP contribution in [-0.2, 0) is 4.79 Å². The zero-order valence-corrected chi connectivity index (χ0v) is 22.9. The fraction of sp³-hybridized carbons (Fsp3) is 0.0968. The van der Waals surface area contributed by atoms with Crippen molar-refractivity contribution in [1.82, 2.24) is 34.9 Å². The number of oxazole rings is 1. The molecule has 5 heterocycles. The smallest absolute Gasteiger partial charge is 0.228 e. The molecule has 0 atom stereocenters. The van der Waals surface area contributed by atoms with Gasteiger partial charge >= 0.3 is 0 Å². The molecule has 7 rings (SSSR count).